The highest BCUT2D eigenvalue weighted by Gasteiger charge is 2.47. The molecule has 12 heteroatoms. The normalized spacial score (nSPS) is 16.9. The molecule has 0 amide bonds. The summed E-state index contributed by atoms with van der Waals surface area (Å²) in [5.41, 5.74) is -5.92. The molecule has 1 aliphatic rings. The van der Waals surface area contributed by atoms with Gasteiger partial charge in [0.1, 0.15) is 5.41 Å². The number of hydrogen-bond acceptors (Lipinski definition) is 6. The first-order chi connectivity index (χ1) is 16.8. The van der Waals surface area contributed by atoms with Gasteiger partial charge < -0.3 is 30.6 Å². The number of aromatic carboxylic acids is 4. The second-order valence-corrected chi connectivity index (χ2v) is 7.76. The lowest BCUT2D eigenvalue weighted by Gasteiger charge is -2.35. The SMILES string of the molecule is O=C(O)C1=CCC(C(=O)O)(c2cc(C(=O)O)cc(C(=O)O)c2)C(c2cc(C(=O)O)cc(C(=O)O)c2)=C1. The van der Waals surface area contributed by atoms with E-state index in [9.17, 15) is 59.4 Å². The average Bonchev–Trinajstić information content (AvgIpc) is 2.82. The zero-order valence-corrected chi connectivity index (χ0v) is 18.0. The number of benzene rings is 2. The molecule has 12 nitrogen and oxygen atoms in total. The molecular formula is C24H16O12. The molecule has 0 aliphatic heterocycles. The van der Waals surface area contributed by atoms with Gasteiger partial charge in [-0.15, -0.1) is 0 Å². The van der Waals surface area contributed by atoms with Crippen LogP contribution in [0.2, 0.25) is 0 Å². The Kier molecular flexibility index (Phi) is 6.47. The van der Waals surface area contributed by atoms with Crippen LogP contribution in [0.5, 0.6) is 0 Å². The van der Waals surface area contributed by atoms with Crippen LogP contribution in [0.3, 0.4) is 0 Å². The molecule has 2 aromatic rings. The van der Waals surface area contributed by atoms with Gasteiger partial charge >= 0.3 is 35.8 Å². The maximum atomic E-state index is 12.8. The van der Waals surface area contributed by atoms with Crippen molar-refractivity contribution in [2.24, 2.45) is 0 Å². The van der Waals surface area contributed by atoms with Crippen LogP contribution in [0.4, 0.5) is 0 Å². The molecule has 36 heavy (non-hydrogen) atoms. The van der Waals surface area contributed by atoms with Crippen LogP contribution in [-0.2, 0) is 15.0 Å². The number of aliphatic carboxylic acids is 2. The zero-order chi connectivity index (χ0) is 26.9. The number of hydrogen-bond donors (Lipinski definition) is 6. The van der Waals surface area contributed by atoms with Gasteiger partial charge in [-0.3, -0.25) is 4.79 Å². The van der Waals surface area contributed by atoms with E-state index in [0.29, 0.717) is 0 Å². The molecule has 0 saturated heterocycles. The largest absolute Gasteiger partial charge is 0.480 e. The first kappa shape index (κ1) is 25.4. The highest BCUT2D eigenvalue weighted by atomic mass is 16.4. The van der Waals surface area contributed by atoms with Gasteiger partial charge in [-0.25, -0.2) is 24.0 Å². The van der Waals surface area contributed by atoms with Gasteiger partial charge in [0, 0.05) is 0 Å². The Hall–Kier alpha value is -5.26. The lowest BCUT2D eigenvalue weighted by Crippen LogP contribution is -2.39. The van der Waals surface area contributed by atoms with Gasteiger partial charge in [0.15, 0.2) is 0 Å². The maximum absolute atomic E-state index is 12.8. The van der Waals surface area contributed by atoms with Crippen LogP contribution in [0, 0.1) is 0 Å². The maximum Gasteiger partial charge on any atom is 0.335 e. The van der Waals surface area contributed by atoms with E-state index in [1.807, 2.05) is 0 Å². The predicted octanol–water partition coefficient (Wildman–Crippen LogP) is 2.30. The van der Waals surface area contributed by atoms with Gasteiger partial charge in [-0.1, -0.05) is 6.08 Å². The number of carbonyl (C=O) groups is 6. The monoisotopic (exact) mass is 496 g/mol. The smallest absolute Gasteiger partial charge is 0.335 e. The summed E-state index contributed by atoms with van der Waals surface area (Å²) in [5, 5.41) is 57.7. The Balaban J connectivity index is 2.47. The fourth-order valence-corrected chi connectivity index (χ4v) is 3.94. The van der Waals surface area contributed by atoms with E-state index in [1.165, 1.54) is 0 Å². The highest BCUT2D eigenvalue weighted by molar-refractivity contribution is 6.06. The number of carboxylic acid groups (broad SMARTS) is 6. The van der Waals surface area contributed by atoms with Gasteiger partial charge in [-0.05, 0) is 65.6 Å². The molecule has 184 valence electrons. The van der Waals surface area contributed by atoms with E-state index in [2.05, 4.69) is 0 Å². The van der Waals surface area contributed by atoms with Crippen molar-refractivity contribution in [2.45, 2.75) is 11.8 Å². The van der Waals surface area contributed by atoms with Crippen LogP contribution in [0.1, 0.15) is 59.0 Å². The molecule has 0 saturated carbocycles. The van der Waals surface area contributed by atoms with Crippen LogP contribution >= 0.6 is 0 Å². The van der Waals surface area contributed by atoms with E-state index in [1.54, 1.807) is 0 Å². The Bertz CT molecular complexity index is 1360. The van der Waals surface area contributed by atoms with Crippen molar-refractivity contribution in [1.82, 2.24) is 0 Å². The summed E-state index contributed by atoms with van der Waals surface area (Å²) in [6.07, 6.45) is 1.34. The van der Waals surface area contributed by atoms with Crippen molar-refractivity contribution in [3.63, 3.8) is 0 Å². The van der Waals surface area contributed by atoms with Crippen LogP contribution in [0.25, 0.3) is 5.57 Å². The molecule has 6 N–H and O–H groups in total. The summed E-state index contributed by atoms with van der Waals surface area (Å²) < 4.78 is 0. The minimum atomic E-state index is -2.30. The minimum Gasteiger partial charge on any atom is -0.480 e. The Morgan fingerprint density at radius 3 is 1.36 bits per heavy atom. The van der Waals surface area contributed by atoms with Crippen LogP contribution in [-0.4, -0.2) is 66.5 Å². The van der Waals surface area contributed by atoms with E-state index < -0.39 is 75.5 Å². The molecule has 0 bridgehead atoms. The third-order valence-electron chi connectivity index (χ3n) is 5.66. The zero-order valence-electron chi connectivity index (χ0n) is 18.0. The quantitative estimate of drug-likeness (QED) is 0.310. The topological polar surface area (TPSA) is 224 Å². The minimum absolute atomic E-state index is 0.279. The van der Waals surface area contributed by atoms with Crippen LogP contribution < -0.4 is 0 Å². The predicted molar refractivity (Wildman–Crippen MR) is 118 cm³/mol. The molecular weight excluding hydrogens is 480 g/mol. The molecule has 3 rings (SSSR count). The fraction of sp³-hybridized carbons (Fsp3) is 0.0833. The Morgan fingerprint density at radius 2 is 1.00 bits per heavy atom. The van der Waals surface area contributed by atoms with Gasteiger partial charge in [0.05, 0.1) is 27.8 Å². The summed E-state index contributed by atoms with van der Waals surface area (Å²) in [4.78, 5) is 71.0. The number of carboxylic acids is 6. The van der Waals surface area contributed by atoms with Crippen molar-refractivity contribution >= 4 is 41.4 Å². The summed E-state index contributed by atoms with van der Waals surface area (Å²) >= 11 is 0. The van der Waals surface area contributed by atoms with E-state index in [-0.39, 0.29) is 16.7 Å². The van der Waals surface area contributed by atoms with Crippen molar-refractivity contribution in [3.8, 4) is 0 Å². The van der Waals surface area contributed by atoms with Crippen molar-refractivity contribution < 1.29 is 59.4 Å². The molecule has 1 aliphatic carbocycles. The molecule has 2 aromatic carbocycles. The number of rotatable bonds is 8. The third kappa shape index (κ3) is 4.42. The van der Waals surface area contributed by atoms with E-state index in [4.69, 9.17) is 0 Å². The van der Waals surface area contributed by atoms with Crippen molar-refractivity contribution in [1.29, 1.82) is 0 Å². The molecule has 0 aromatic heterocycles. The summed E-state index contributed by atoms with van der Waals surface area (Å²) in [6.45, 7) is 0. The Morgan fingerprint density at radius 1 is 0.583 bits per heavy atom. The molecule has 0 radical (unpaired) electrons. The third-order valence-corrected chi connectivity index (χ3v) is 5.66. The average molecular weight is 496 g/mol. The first-order valence-electron chi connectivity index (χ1n) is 9.91. The fourth-order valence-electron chi connectivity index (χ4n) is 3.94. The highest BCUT2D eigenvalue weighted by Crippen LogP contribution is 2.46. The standard InChI is InChI=1S/C24H16O12/c25-18(26)10-1-2-24(23(35)36,16-7-14(21(31)32)6-15(8-16)22(33)34)17(9-10)11-3-12(19(27)28)5-13(4-11)20(29)30/h1,3-9H,2H2,(H,25,26)(H,27,28)(H,29,30)(H,31,32)(H,33,34)(H,35,36). The molecule has 0 spiro atoms. The van der Waals surface area contributed by atoms with Crippen molar-refractivity contribution in [3.05, 3.63) is 87.5 Å². The number of allylic oxidation sites excluding steroid dienone is 1. The van der Waals surface area contributed by atoms with E-state index in [0.717, 1.165) is 48.6 Å². The molecule has 0 fully saturated rings. The molecule has 0 heterocycles. The lowest BCUT2D eigenvalue weighted by molar-refractivity contribution is -0.141. The van der Waals surface area contributed by atoms with E-state index >= 15 is 0 Å². The van der Waals surface area contributed by atoms with Crippen molar-refractivity contribution in [2.75, 3.05) is 0 Å². The summed E-state index contributed by atoms with van der Waals surface area (Å²) in [7, 11) is 0. The van der Waals surface area contributed by atoms with Gasteiger partial charge in [0.2, 0.25) is 0 Å². The molecule has 1 unspecified atom stereocenters. The lowest BCUT2D eigenvalue weighted by atomic mass is 9.65. The second-order valence-electron chi connectivity index (χ2n) is 7.76. The molecule has 1 atom stereocenters. The van der Waals surface area contributed by atoms with Gasteiger partial charge in [-0.2, -0.15) is 0 Å². The summed E-state index contributed by atoms with van der Waals surface area (Å²) in [6, 6.07) is 5.35. The Labute approximate surface area is 200 Å². The first-order valence-corrected chi connectivity index (χ1v) is 9.91. The van der Waals surface area contributed by atoms with Crippen LogP contribution in [0.15, 0.2) is 54.1 Å². The summed E-state index contributed by atoms with van der Waals surface area (Å²) in [5.74, 6) is -9.35. The van der Waals surface area contributed by atoms with Gasteiger partial charge in [0.25, 0.3) is 0 Å². The second kappa shape index (κ2) is 9.18.